The third kappa shape index (κ3) is 1.73. The molecule has 0 fully saturated rings. The Hall–Kier alpha value is -2.17. The molecule has 1 heterocycles. The molecule has 2 aliphatic rings. The molecule has 0 bridgehead atoms. The Labute approximate surface area is 130 Å². The van der Waals surface area contributed by atoms with Crippen LogP contribution < -0.4 is 4.74 Å². The van der Waals surface area contributed by atoms with Crippen LogP contribution in [0.5, 0.6) is 5.75 Å². The first kappa shape index (κ1) is 13.8. The van der Waals surface area contributed by atoms with E-state index in [4.69, 9.17) is 4.74 Å². The smallest absolute Gasteiger partial charge is 0.280 e. The van der Waals surface area contributed by atoms with Crippen LogP contribution in [0.25, 0.3) is 0 Å². The maximum Gasteiger partial charge on any atom is 0.280 e. The van der Waals surface area contributed by atoms with Crippen LogP contribution in [0.15, 0.2) is 42.5 Å². The fourth-order valence-electron chi connectivity index (χ4n) is 3.11. The number of nitro benzene ring substituents is 1. The molecule has 0 spiro atoms. The molecule has 2 unspecified atom stereocenters. The number of fused-ring (bicyclic) bond motifs is 5. The van der Waals surface area contributed by atoms with Crippen LogP contribution in [-0.4, -0.2) is 10.7 Å². The SMILES string of the molecule is O=C1c2c(cccc2[N+](=O)[O-])C2Oc3ccccc3C12.[Fe]. The Bertz CT molecular complexity index is 774. The van der Waals surface area contributed by atoms with E-state index in [1.165, 1.54) is 6.07 Å². The van der Waals surface area contributed by atoms with Gasteiger partial charge in [0.15, 0.2) is 5.78 Å². The van der Waals surface area contributed by atoms with E-state index < -0.39 is 16.9 Å². The van der Waals surface area contributed by atoms with Crippen molar-refractivity contribution in [1.82, 2.24) is 0 Å². The number of para-hydroxylation sites is 1. The first-order valence-corrected chi connectivity index (χ1v) is 6.25. The Balaban J connectivity index is 0.00000132. The van der Waals surface area contributed by atoms with Gasteiger partial charge in [-0.05, 0) is 6.07 Å². The fourth-order valence-corrected chi connectivity index (χ4v) is 3.11. The number of ether oxygens (including phenoxy) is 1. The van der Waals surface area contributed by atoms with Gasteiger partial charge in [0, 0.05) is 34.3 Å². The van der Waals surface area contributed by atoms with Crippen molar-refractivity contribution in [2.24, 2.45) is 0 Å². The second-order valence-corrected chi connectivity index (χ2v) is 4.92. The molecule has 0 saturated carbocycles. The third-order valence-electron chi connectivity index (χ3n) is 3.92. The van der Waals surface area contributed by atoms with Gasteiger partial charge in [-0.3, -0.25) is 14.9 Å². The number of hydrogen-bond acceptors (Lipinski definition) is 4. The Kier molecular flexibility index (Phi) is 3.08. The molecule has 2 atom stereocenters. The molecule has 106 valence electrons. The van der Waals surface area contributed by atoms with Gasteiger partial charge in [-0.1, -0.05) is 30.3 Å². The first-order chi connectivity index (χ1) is 9.68. The molecule has 0 amide bonds. The molecular formula is C15H9FeNO4. The van der Waals surface area contributed by atoms with Crippen molar-refractivity contribution in [2.75, 3.05) is 0 Å². The van der Waals surface area contributed by atoms with Gasteiger partial charge in [0.2, 0.25) is 0 Å². The number of Topliss-reactive ketones (excluding diaryl/α,β-unsaturated/α-hetero) is 1. The molecule has 4 rings (SSSR count). The molecule has 0 aromatic heterocycles. The number of carbonyl (C=O) groups is 1. The predicted molar refractivity (Wildman–Crippen MR) is 70.0 cm³/mol. The summed E-state index contributed by atoms with van der Waals surface area (Å²) in [5.74, 6) is 0.0116. The minimum absolute atomic E-state index is 0. The van der Waals surface area contributed by atoms with Crippen LogP contribution in [0.4, 0.5) is 5.69 Å². The molecule has 1 aliphatic carbocycles. The van der Waals surface area contributed by atoms with Crippen LogP contribution in [0.3, 0.4) is 0 Å². The van der Waals surface area contributed by atoms with Crippen molar-refractivity contribution in [3.8, 4) is 5.75 Å². The van der Waals surface area contributed by atoms with E-state index in [1.807, 2.05) is 24.3 Å². The van der Waals surface area contributed by atoms with Gasteiger partial charge in [-0.25, -0.2) is 0 Å². The molecule has 5 nitrogen and oxygen atoms in total. The van der Waals surface area contributed by atoms with Crippen LogP contribution in [0, 0.1) is 10.1 Å². The number of nitro groups is 1. The molecule has 1 aliphatic heterocycles. The largest absolute Gasteiger partial charge is 0.484 e. The topological polar surface area (TPSA) is 69.4 Å². The molecule has 0 radical (unpaired) electrons. The van der Waals surface area contributed by atoms with Crippen LogP contribution in [0.2, 0.25) is 0 Å². The Morgan fingerprint density at radius 1 is 1.05 bits per heavy atom. The monoisotopic (exact) mass is 323 g/mol. The van der Waals surface area contributed by atoms with Crippen molar-refractivity contribution in [1.29, 1.82) is 0 Å². The molecule has 0 N–H and O–H groups in total. The van der Waals surface area contributed by atoms with Gasteiger partial charge in [0.05, 0.1) is 10.8 Å². The summed E-state index contributed by atoms with van der Waals surface area (Å²) in [6, 6.07) is 12.0. The molecule has 21 heavy (non-hydrogen) atoms. The second-order valence-electron chi connectivity index (χ2n) is 4.92. The normalized spacial score (nSPS) is 20.9. The fraction of sp³-hybridized carbons (Fsp3) is 0.133. The minimum Gasteiger partial charge on any atom is -0.484 e. The third-order valence-corrected chi connectivity index (χ3v) is 3.92. The number of carbonyl (C=O) groups excluding carboxylic acids is 1. The van der Waals surface area contributed by atoms with Gasteiger partial charge in [-0.2, -0.15) is 0 Å². The maximum atomic E-state index is 12.6. The zero-order valence-electron chi connectivity index (χ0n) is 10.6. The van der Waals surface area contributed by atoms with Gasteiger partial charge >= 0.3 is 0 Å². The average Bonchev–Trinajstić information content (AvgIpc) is 2.96. The average molecular weight is 323 g/mol. The predicted octanol–water partition coefficient (Wildman–Crippen LogP) is 3.01. The number of hydrogen-bond donors (Lipinski definition) is 0. The van der Waals surface area contributed by atoms with Crippen molar-refractivity contribution in [3.63, 3.8) is 0 Å². The molecule has 2 aromatic carbocycles. The summed E-state index contributed by atoms with van der Waals surface area (Å²) in [5.41, 5.74) is 1.49. The van der Waals surface area contributed by atoms with Gasteiger partial charge in [-0.15, -0.1) is 0 Å². The number of ketones is 1. The summed E-state index contributed by atoms with van der Waals surface area (Å²) in [5, 5.41) is 11.1. The van der Waals surface area contributed by atoms with Crippen LogP contribution in [0.1, 0.15) is 33.5 Å². The number of nitrogens with zero attached hydrogens (tertiary/aromatic N) is 1. The van der Waals surface area contributed by atoms with E-state index in [0.717, 1.165) is 5.56 Å². The molecule has 2 aromatic rings. The van der Waals surface area contributed by atoms with Crippen LogP contribution >= 0.6 is 0 Å². The first-order valence-electron chi connectivity index (χ1n) is 6.25. The van der Waals surface area contributed by atoms with Crippen molar-refractivity contribution >= 4 is 11.5 Å². The van der Waals surface area contributed by atoms with E-state index in [9.17, 15) is 14.9 Å². The second kappa shape index (κ2) is 4.69. The van der Waals surface area contributed by atoms with Crippen molar-refractivity contribution < 1.29 is 31.5 Å². The van der Waals surface area contributed by atoms with E-state index in [2.05, 4.69) is 0 Å². The summed E-state index contributed by atoms with van der Waals surface area (Å²) >= 11 is 0. The van der Waals surface area contributed by atoms with Gasteiger partial charge in [0.1, 0.15) is 17.4 Å². The number of rotatable bonds is 1. The van der Waals surface area contributed by atoms with Crippen molar-refractivity contribution in [2.45, 2.75) is 12.0 Å². The zero-order chi connectivity index (χ0) is 13.9. The van der Waals surface area contributed by atoms with Gasteiger partial charge < -0.3 is 4.74 Å². The molecule has 0 saturated heterocycles. The van der Waals surface area contributed by atoms with E-state index in [0.29, 0.717) is 11.3 Å². The standard InChI is InChI=1S/C15H9NO4.Fe/c17-14-12-9(5-3-6-10(12)16(18)19)15-13(14)8-4-1-2-7-11(8)20-15;/h1-7,13,15H;. The summed E-state index contributed by atoms with van der Waals surface area (Å²) in [4.78, 5) is 23.2. The van der Waals surface area contributed by atoms with E-state index >= 15 is 0 Å². The summed E-state index contributed by atoms with van der Waals surface area (Å²) in [6.07, 6.45) is -0.435. The quantitative estimate of drug-likeness (QED) is 0.459. The number of benzene rings is 2. The summed E-state index contributed by atoms with van der Waals surface area (Å²) < 4.78 is 5.82. The zero-order valence-corrected chi connectivity index (χ0v) is 11.7. The maximum absolute atomic E-state index is 12.6. The van der Waals surface area contributed by atoms with E-state index in [-0.39, 0.29) is 34.1 Å². The molecule has 6 heteroatoms. The Morgan fingerprint density at radius 3 is 2.52 bits per heavy atom. The minimum atomic E-state index is -0.510. The Morgan fingerprint density at radius 2 is 1.76 bits per heavy atom. The molecular weight excluding hydrogens is 314 g/mol. The summed E-state index contributed by atoms with van der Waals surface area (Å²) in [6.45, 7) is 0. The van der Waals surface area contributed by atoms with Gasteiger partial charge in [0.25, 0.3) is 5.69 Å². The van der Waals surface area contributed by atoms with Crippen molar-refractivity contribution in [3.05, 3.63) is 69.3 Å². The summed E-state index contributed by atoms with van der Waals surface area (Å²) in [7, 11) is 0. The van der Waals surface area contributed by atoms with Crippen LogP contribution in [-0.2, 0) is 17.1 Å². The van der Waals surface area contributed by atoms with E-state index in [1.54, 1.807) is 12.1 Å².